The molecule has 1 atom stereocenters. The van der Waals surface area contributed by atoms with E-state index in [0.717, 1.165) is 31.1 Å². The highest BCUT2D eigenvalue weighted by atomic mass is 19.1. The quantitative estimate of drug-likeness (QED) is 0.506. The van der Waals surface area contributed by atoms with Crippen molar-refractivity contribution in [2.45, 2.75) is 25.8 Å². The monoisotopic (exact) mass is 468 g/mol. The Balaban J connectivity index is 1.66. The van der Waals surface area contributed by atoms with Crippen molar-refractivity contribution in [3.63, 3.8) is 0 Å². The zero-order valence-electron chi connectivity index (χ0n) is 18.7. The molecule has 0 bridgehead atoms. The summed E-state index contributed by atoms with van der Waals surface area (Å²) in [6.07, 6.45) is 5.03. The molecule has 4 rings (SSSR count). The van der Waals surface area contributed by atoms with E-state index in [2.05, 4.69) is 20.2 Å². The first-order chi connectivity index (χ1) is 16.4. The first-order valence-electron chi connectivity index (χ1n) is 11.0. The van der Waals surface area contributed by atoms with Crippen molar-refractivity contribution in [2.24, 2.45) is 5.73 Å². The lowest BCUT2D eigenvalue weighted by molar-refractivity contribution is 0.102. The molecule has 1 aromatic carbocycles. The van der Waals surface area contributed by atoms with Gasteiger partial charge in [-0.15, -0.1) is 0 Å². The maximum atomic E-state index is 14.9. The molecule has 0 spiro atoms. The van der Waals surface area contributed by atoms with E-state index >= 15 is 0 Å². The van der Waals surface area contributed by atoms with E-state index in [-0.39, 0.29) is 35.5 Å². The van der Waals surface area contributed by atoms with Crippen LogP contribution in [0.5, 0.6) is 5.75 Å². The number of pyridine rings is 2. The number of amides is 1. The Morgan fingerprint density at radius 3 is 2.85 bits per heavy atom. The van der Waals surface area contributed by atoms with Crippen LogP contribution in [0.2, 0.25) is 0 Å². The predicted molar refractivity (Wildman–Crippen MR) is 127 cm³/mol. The van der Waals surface area contributed by atoms with Gasteiger partial charge in [-0.1, -0.05) is 0 Å². The molecule has 1 saturated heterocycles. The largest absolute Gasteiger partial charge is 0.491 e. The average molecular weight is 469 g/mol. The molecule has 1 unspecified atom stereocenters. The number of aromatic nitrogens is 2. The molecular weight excluding hydrogens is 442 g/mol. The van der Waals surface area contributed by atoms with Gasteiger partial charge < -0.3 is 26.4 Å². The van der Waals surface area contributed by atoms with Gasteiger partial charge in [0.2, 0.25) is 0 Å². The number of rotatable bonds is 6. The lowest BCUT2D eigenvalue weighted by atomic mass is 10.1. The third kappa shape index (κ3) is 4.76. The summed E-state index contributed by atoms with van der Waals surface area (Å²) in [5.41, 5.74) is 12.8. The van der Waals surface area contributed by atoms with Gasteiger partial charge in [0.15, 0.2) is 17.3 Å². The van der Waals surface area contributed by atoms with Crippen LogP contribution < -0.4 is 26.4 Å². The van der Waals surface area contributed by atoms with Crippen LogP contribution in [-0.2, 0) is 0 Å². The van der Waals surface area contributed by atoms with Gasteiger partial charge in [-0.25, -0.2) is 13.8 Å². The number of piperidine rings is 1. The molecule has 2 aromatic heterocycles. The van der Waals surface area contributed by atoms with Gasteiger partial charge in [0.25, 0.3) is 5.91 Å². The van der Waals surface area contributed by atoms with Crippen molar-refractivity contribution in [2.75, 3.05) is 35.6 Å². The summed E-state index contributed by atoms with van der Waals surface area (Å²) in [6, 6.07) is 6.87. The molecule has 1 aliphatic rings. The number of halogens is 2. The maximum absolute atomic E-state index is 14.9. The Hall–Kier alpha value is -3.79. The fourth-order valence-electron chi connectivity index (χ4n) is 4.00. The van der Waals surface area contributed by atoms with E-state index < -0.39 is 23.1 Å². The minimum atomic E-state index is -0.901. The Bertz CT molecular complexity index is 1210. The predicted octanol–water partition coefficient (Wildman–Crippen LogP) is 3.58. The van der Waals surface area contributed by atoms with Crippen molar-refractivity contribution in [1.82, 2.24) is 9.97 Å². The van der Waals surface area contributed by atoms with Crippen molar-refractivity contribution >= 4 is 23.0 Å². The van der Waals surface area contributed by atoms with Crippen LogP contribution >= 0.6 is 0 Å². The van der Waals surface area contributed by atoms with Gasteiger partial charge in [0, 0.05) is 25.3 Å². The zero-order chi connectivity index (χ0) is 24.2. The zero-order valence-corrected chi connectivity index (χ0v) is 18.7. The summed E-state index contributed by atoms with van der Waals surface area (Å²) in [7, 11) is 0. The van der Waals surface area contributed by atoms with Gasteiger partial charge in [-0.3, -0.25) is 9.78 Å². The third-order valence-corrected chi connectivity index (χ3v) is 5.60. The van der Waals surface area contributed by atoms with Crippen LogP contribution in [0.3, 0.4) is 0 Å². The second-order valence-electron chi connectivity index (χ2n) is 8.00. The minimum Gasteiger partial charge on any atom is -0.491 e. The molecule has 0 saturated carbocycles. The third-order valence-electron chi connectivity index (χ3n) is 5.60. The van der Waals surface area contributed by atoms with Crippen LogP contribution in [-0.4, -0.2) is 41.6 Å². The van der Waals surface area contributed by atoms with Crippen molar-refractivity contribution < 1.29 is 18.3 Å². The standard InChI is InChI=1S/C24H26F2N6O2/c1-2-34-20-8-5-15(25)21(22(20)26)17-7-6-16(28)23(30-17)24(33)31-18-12-29-10-9-19(18)32-11-3-4-14(27)13-32/h5-10,12,14H,2-4,11,13,27-28H2,1H3,(H,31,33). The lowest BCUT2D eigenvalue weighted by Gasteiger charge is -2.33. The highest BCUT2D eigenvalue weighted by molar-refractivity contribution is 6.08. The van der Waals surface area contributed by atoms with Gasteiger partial charge in [-0.05, 0) is 50.1 Å². The molecule has 10 heteroatoms. The van der Waals surface area contributed by atoms with Crippen LogP contribution in [0.4, 0.5) is 25.8 Å². The smallest absolute Gasteiger partial charge is 0.276 e. The van der Waals surface area contributed by atoms with E-state index in [4.69, 9.17) is 16.2 Å². The summed E-state index contributed by atoms with van der Waals surface area (Å²) >= 11 is 0. The van der Waals surface area contributed by atoms with Gasteiger partial charge in [0.05, 0.1) is 41.1 Å². The molecule has 5 N–H and O–H groups in total. The second-order valence-corrected chi connectivity index (χ2v) is 8.00. The van der Waals surface area contributed by atoms with Crippen molar-refractivity contribution in [3.8, 4) is 17.0 Å². The number of nitrogens with two attached hydrogens (primary N) is 2. The lowest BCUT2D eigenvalue weighted by Crippen LogP contribution is -2.43. The molecule has 178 valence electrons. The van der Waals surface area contributed by atoms with Crippen LogP contribution in [0.25, 0.3) is 11.3 Å². The summed E-state index contributed by atoms with van der Waals surface area (Å²) in [4.78, 5) is 23.5. The molecular formula is C24H26F2N6O2. The van der Waals surface area contributed by atoms with E-state index in [9.17, 15) is 13.6 Å². The van der Waals surface area contributed by atoms with E-state index in [1.165, 1.54) is 24.4 Å². The summed E-state index contributed by atoms with van der Waals surface area (Å²) in [5, 5.41) is 2.78. The van der Waals surface area contributed by atoms with Crippen molar-refractivity contribution in [1.29, 1.82) is 0 Å². The molecule has 3 heterocycles. The molecule has 0 radical (unpaired) electrons. The number of nitrogens with zero attached hydrogens (tertiary/aromatic N) is 3. The summed E-state index contributed by atoms with van der Waals surface area (Å²) in [5.74, 6) is -2.47. The Labute approximate surface area is 195 Å². The molecule has 1 amide bonds. The van der Waals surface area contributed by atoms with Crippen LogP contribution in [0.15, 0.2) is 42.7 Å². The molecule has 34 heavy (non-hydrogen) atoms. The number of ether oxygens (including phenoxy) is 1. The van der Waals surface area contributed by atoms with Crippen LogP contribution in [0.1, 0.15) is 30.3 Å². The number of benzene rings is 1. The first kappa shape index (κ1) is 23.4. The SMILES string of the molecule is CCOc1ccc(F)c(-c2ccc(N)c(C(=O)Nc3cnccc3N3CCCC(N)C3)n2)c1F. The van der Waals surface area contributed by atoms with Crippen molar-refractivity contribution in [3.05, 3.63) is 60.1 Å². The number of carbonyl (C=O) groups excluding carboxylic acids is 1. The maximum Gasteiger partial charge on any atom is 0.276 e. The number of anilines is 3. The molecule has 8 nitrogen and oxygen atoms in total. The summed E-state index contributed by atoms with van der Waals surface area (Å²) < 4.78 is 34.7. The normalized spacial score (nSPS) is 15.8. The van der Waals surface area contributed by atoms with Crippen LogP contribution in [0, 0.1) is 11.6 Å². The Morgan fingerprint density at radius 1 is 1.26 bits per heavy atom. The fourth-order valence-corrected chi connectivity index (χ4v) is 4.00. The van der Waals surface area contributed by atoms with E-state index in [0.29, 0.717) is 12.2 Å². The van der Waals surface area contributed by atoms with E-state index in [1.54, 1.807) is 19.2 Å². The topological polar surface area (TPSA) is 119 Å². The number of nitrogens with one attached hydrogen (secondary N) is 1. The number of hydrogen-bond donors (Lipinski definition) is 3. The summed E-state index contributed by atoms with van der Waals surface area (Å²) in [6.45, 7) is 3.35. The first-order valence-corrected chi connectivity index (χ1v) is 11.0. The Kier molecular flexibility index (Phi) is 6.87. The van der Waals surface area contributed by atoms with Gasteiger partial charge in [0.1, 0.15) is 5.82 Å². The fraction of sp³-hybridized carbons (Fsp3) is 0.292. The molecule has 1 aliphatic heterocycles. The highest BCUT2D eigenvalue weighted by Crippen LogP contribution is 2.32. The van der Waals surface area contributed by atoms with Gasteiger partial charge >= 0.3 is 0 Å². The second kappa shape index (κ2) is 10.0. The van der Waals surface area contributed by atoms with E-state index in [1.807, 2.05) is 0 Å². The molecule has 0 aliphatic carbocycles. The molecule has 3 aromatic rings. The average Bonchev–Trinajstić information content (AvgIpc) is 2.82. The van der Waals surface area contributed by atoms with Gasteiger partial charge in [-0.2, -0.15) is 0 Å². The highest BCUT2D eigenvalue weighted by Gasteiger charge is 2.23. The minimum absolute atomic E-state index is 0.0386. The number of carbonyl (C=O) groups is 1. The number of hydrogen-bond acceptors (Lipinski definition) is 7. The molecule has 1 fully saturated rings. The number of nitrogen functional groups attached to an aromatic ring is 1. The Morgan fingerprint density at radius 2 is 2.09 bits per heavy atom.